The molecule has 0 aliphatic heterocycles. The van der Waals surface area contributed by atoms with Crippen LogP contribution in [0.1, 0.15) is 27.2 Å². The van der Waals surface area contributed by atoms with E-state index in [0.717, 1.165) is 40.3 Å². The molecule has 28 heavy (non-hydrogen) atoms. The van der Waals surface area contributed by atoms with Gasteiger partial charge in [-0.05, 0) is 47.6 Å². The molecule has 0 bridgehead atoms. The Kier molecular flexibility index (Phi) is 4.63. The van der Waals surface area contributed by atoms with Gasteiger partial charge in [-0.1, -0.05) is 36.4 Å². The quantitative estimate of drug-likeness (QED) is 0.420. The summed E-state index contributed by atoms with van der Waals surface area (Å²) >= 11 is 3.24. The van der Waals surface area contributed by atoms with Crippen molar-refractivity contribution in [2.75, 3.05) is 5.32 Å². The van der Waals surface area contributed by atoms with Crippen molar-refractivity contribution < 1.29 is 4.79 Å². The topological polar surface area (TPSA) is 42.0 Å². The van der Waals surface area contributed by atoms with Crippen molar-refractivity contribution in [2.24, 2.45) is 0 Å². The highest BCUT2D eigenvalue weighted by atomic mass is 32.2. The number of nitrogens with one attached hydrogen (secondary N) is 1. The van der Waals surface area contributed by atoms with Crippen LogP contribution in [0.4, 0.5) is 5.69 Å². The zero-order valence-corrected chi connectivity index (χ0v) is 16.8. The van der Waals surface area contributed by atoms with E-state index in [2.05, 4.69) is 34.6 Å². The minimum atomic E-state index is -0.0694. The second-order valence-corrected chi connectivity index (χ2v) is 8.57. The fraction of sp³-hybridized carbons (Fsp3) is 0.130. The molecule has 0 saturated carbocycles. The van der Waals surface area contributed by atoms with Crippen molar-refractivity contribution in [2.45, 2.75) is 23.5 Å². The fourth-order valence-corrected chi connectivity index (χ4v) is 5.40. The monoisotopic (exact) mass is 402 g/mol. The number of aryl methyl sites for hydroxylation is 2. The van der Waals surface area contributed by atoms with Gasteiger partial charge < -0.3 is 5.32 Å². The van der Waals surface area contributed by atoms with Gasteiger partial charge in [0.1, 0.15) is 0 Å². The van der Waals surface area contributed by atoms with Crippen LogP contribution in [0.15, 0.2) is 70.4 Å². The number of anilines is 1. The molecule has 1 aliphatic rings. The van der Waals surface area contributed by atoms with E-state index < -0.39 is 0 Å². The maximum absolute atomic E-state index is 13.1. The Labute approximate surface area is 171 Å². The van der Waals surface area contributed by atoms with Gasteiger partial charge >= 0.3 is 0 Å². The van der Waals surface area contributed by atoms with E-state index in [1.807, 2.05) is 41.2 Å². The number of amides is 1. The highest BCUT2D eigenvalue weighted by molar-refractivity contribution is 7.98. The summed E-state index contributed by atoms with van der Waals surface area (Å²) in [6, 6.07) is 18.3. The molecule has 3 aromatic carbocycles. The number of aromatic nitrogens is 1. The minimum Gasteiger partial charge on any atom is -0.321 e. The molecular formula is C23H18N2OS2. The zero-order valence-electron chi connectivity index (χ0n) is 15.1. The predicted octanol–water partition coefficient (Wildman–Crippen LogP) is 5.94. The standard InChI is InChI=1S/C23H18N2OS2/c26-23(19-5-1-2-7-21(19)28-13-17-12-27-14-24-17)25-20-11-10-16-9-8-15-4-3-6-18(20)22(15)16/h1-7,10-12,14H,8-9,13H2,(H,25,26). The molecule has 4 aromatic rings. The summed E-state index contributed by atoms with van der Waals surface area (Å²) in [5, 5.41) is 7.64. The van der Waals surface area contributed by atoms with Crippen molar-refractivity contribution >= 4 is 45.5 Å². The summed E-state index contributed by atoms with van der Waals surface area (Å²) < 4.78 is 0. The van der Waals surface area contributed by atoms with Crippen LogP contribution in [0.3, 0.4) is 0 Å². The van der Waals surface area contributed by atoms with Gasteiger partial charge in [0.05, 0.1) is 16.8 Å². The lowest BCUT2D eigenvalue weighted by molar-refractivity contribution is 0.102. The first-order valence-electron chi connectivity index (χ1n) is 9.23. The Balaban J connectivity index is 1.43. The molecule has 0 unspecified atom stereocenters. The summed E-state index contributed by atoms with van der Waals surface area (Å²) in [5.74, 6) is 0.689. The minimum absolute atomic E-state index is 0.0694. The van der Waals surface area contributed by atoms with Crippen LogP contribution in [-0.2, 0) is 18.6 Å². The number of carbonyl (C=O) groups is 1. The normalized spacial score (nSPS) is 12.4. The van der Waals surface area contributed by atoms with Gasteiger partial charge in [0.25, 0.3) is 5.91 Å². The van der Waals surface area contributed by atoms with E-state index in [0.29, 0.717) is 5.56 Å². The Morgan fingerprint density at radius 3 is 2.75 bits per heavy atom. The highest BCUT2D eigenvalue weighted by Gasteiger charge is 2.18. The van der Waals surface area contributed by atoms with Crippen LogP contribution >= 0.6 is 23.1 Å². The molecule has 1 aliphatic carbocycles. The van der Waals surface area contributed by atoms with Crippen LogP contribution < -0.4 is 5.32 Å². The van der Waals surface area contributed by atoms with Crippen LogP contribution in [0.2, 0.25) is 0 Å². The molecule has 0 atom stereocenters. The summed E-state index contributed by atoms with van der Waals surface area (Å²) in [5.41, 5.74) is 7.21. The number of hydrogen-bond donors (Lipinski definition) is 1. The molecule has 138 valence electrons. The summed E-state index contributed by atoms with van der Waals surface area (Å²) in [4.78, 5) is 18.4. The lowest BCUT2D eigenvalue weighted by atomic mass is 10.0. The summed E-state index contributed by atoms with van der Waals surface area (Å²) in [7, 11) is 0. The molecule has 1 aromatic heterocycles. The van der Waals surface area contributed by atoms with Gasteiger partial charge in [-0.2, -0.15) is 0 Å². The van der Waals surface area contributed by atoms with Crippen molar-refractivity contribution in [1.29, 1.82) is 0 Å². The molecule has 0 radical (unpaired) electrons. The lowest BCUT2D eigenvalue weighted by Crippen LogP contribution is -2.13. The third-order valence-corrected chi connectivity index (χ3v) is 6.86. The Morgan fingerprint density at radius 1 is 1.04 bits per heavy atom. The molecular weight excluding hydrogens is 384 g/mol. The van der Waals surface area contributed by atoms with Gasteiger partial charge in [-0.25, -0.2) is 4.98 Å². The van der Waals surface area contributed by atoms with E-state index in [1.165, 1.54) is 16.5 Å². The number of benzene rings is 3. The average molecular weight is 403 g/mol. The fourth-order valence-electron chi connectivity index (χ4n) is 3.79. The zero-order chi connectivity index (χ0) is 18.9. The molecule has 3 nitrogen and oxygen atoms in total. The van der Waals surface area contributed by atoms with E-state index in [4.69, 9.17) is 0 Å². The molecule has 0 fully saturated rings. The molecule has 5 rings (SSSR count). The average Bonchev–Trinajstić information content (AvgIpc) is 3.40. The first-order chi connectivity index (χ1) is 13.8. The largest absolute Gasteiger partial charge is 0.321 e. The van der Waals surface area contributed by atoms with Crippen LogP contribution in [-0.4, -0.2) is 10.9 Å². The van der Waals surface area contributed by atoms with E-state index in [9.17, 15) is 4.79 Å². The number of carbonyl (C=O) groups excluding carboxylic acids is 1. The first-order valence-corrected chi connectivity index (χ1v) is 11.2. The Bertz CT molecular complexity index is 1160. The van der Waals surface area contributed by atoms with Gasteiger partial charge in [0.2, 0.25) is 0 Å². The van der Waals surface area contributed by atoms with Crippen molar-refractivity contribution in [3.05, 3.63) is 87.9 Å². The summed E-state index contributed by atoms with van der Waals surface area (Å²) in [6.45, 7) is 0. The maximum atomic E-state index is 13.1. The maximum Gasteiger partial charge on any atom is 0.256 e. The van der Waals surface area contributed by atoms with E-state index in [-0.39, 0.29) is 5.91 Å². The van der Waals surface area contributed by atoms with Crippen LogP contribution in [0.25, 0.3) is 10.8 Å². The molecule has 1 amide bonds. The van der Waals surface area contributed by atoms with E-state index in [1.54, 1.807) is 23.1 Å². The van der Waals surface area contributed by atoms with Crippen LogP contribution in [0.5, 0.6) is 0 Å². The van der Waals surface area contributed by atoms with Crippen molar-refractivity contribution in [3.63, 3.8) is 0 Å². The van der Waals surface area contributed by atoms with Gasteiger partial charge in [-0.3, -0.25) is 4.79 Å². The van der Waals surface area contributed by atoms with Crippen molar-refractivity contribution in [1.82, 2.24) is 4.98 Å². The van der Waals surface area contributed by atoms with Gasteiger partial charge in [0, 0.05) is 27.1 Å². The highest BCUT2D eigenvalue weighted by Crippen LogP contribution is 2.35. The Hall–Kier alpha value is -2.63. The second-order valence-electron chi connectivity index (χ2n) is 6.83. The van der Waals surface area contributed by atoms with Gasteiger partial charge in [0.15, 0.2) is 0 Å². The molecule has 0 spiro atoms. The lowest BCUT2D eigenvalue weighted by Gasteiger charge is -2.12. The molecule has 0 saturated heterocycles. The SMILES string of the molecule is O=C(Nc1ccc2c3c(cccc13)CC2)c1ccccc1SCc1cscn1. The number of hydrogen-bond acceptors (Lipinski definition) is 4. The third-order valence-electron chi connectivity index (χ3n) is 5.12. The third kappa shape index (κ3) is 3.21. The number of thiazole rings is 1. The number of thioether (sulfide) groups is 1. The Morgan fingerprint density at radius 2 is 1.89 bits per heavy atom. The van der Waals surface area contributed by atoms with Crippen LogP contribution in [0, 0.1) is 0 Å². The molecule has 1 N–H and O–H groups in total. The number of rotatable bonds is 5. The number of nitrogens with zero attached hydrogens (tertiary/aromatic N) is 1. The summed E-state index contributed by atoms with van der Waals surface area (Å²) in [6.07, 6.45) is 2.17. The van der Waals surface area contributed by atoms with E-state index >= 15 is 0 Å². The van der Waals surface area contributed by atoms with Gasteiger partial charge in [-0.15, -0.1) is 23.1 Å². The van der Waals surface area contributed by atoms with Crippen molar-refractivity contribution in [3.8, 4) is 0 Å². The smallest absolute Gasteiger partial charge is 0.256 e. The second kappa shape index (κ2) is 7.41. The predicted molar refractivity (Wildman–Crippen MR) is 117 cm³/mol. The molecule has 1 heterocycles. The first kappa shape index (κ1) is 17.5. The molecule has 5 heteroatoms.